The number of hydrazine groups is 1. The van der Waals surface area contributed by atoms with E-state index in [9.17, 15) is 14.0 Å². The third kappa shape index (κ3) is 4.81. The SMILES string of the molecule is O=C(NNC(=S)NCc1ccc(F)cc1)c1cc(=O)c2cc(Cl)ccc2o1. The highest BCUT2D eigenvalue weighted by Gasteiger charge is 2.13. The van der Waals surface area contributed by atoms with Crippen LogP contribution in [0.15, 0.2) is 57.7 Å². The first-order valence-electron chi connectivity index (χ1n) is 7.74. The van der Waals surface area contributed by atoms with Crippen molar-refractivity contribution in [2.45, 2.75) is 6.54 Å². The van der Waals surface area contributed by atoms with Crippen molar-refractivity contribution < 1.29 is 13.6 Å². The van der Waals surface area contributed by atoms with Gasteiger partial charge in [0.2, 0.25) is 0 Å². The summed E-state index contributed by atoms with van der Waals surface area (Å²) in [6.07, 6.45) is 0. The van der Waals surface area contributed by atoms with Crippen molar-refractivity contribution in [1.29, 1.82) is 0 Å². The second-order valence-electron chi connectivity index (χ2n) is 5.50. The lowest BCUT2D eigenvalue weighted by atomic mass is 10.2. The zero-order valence-corrected chi connectivity index (χ0v) is 15.3. The van der Waals surface area contributed by atoms with E-state index in [1.54, 1.807) is 18.2 Å². The van der Waals surface area contributed by atoms with Crippen LogP contribution < -0.4 is 21.6 Å². The molecule has 3 aromatic rings. The normalized spacial score (nSPS) is 10.4. The molecule has 2 aromatic carbocycles. The molecule has 0 fully saturated rings. The summed E-state index contributed by atoms with van der Waals surface area (Å²) >= 11 is 10.9. The molecule has 0 saturated heterocycles. The minimum Gasteiger partial charge on any atom is -0.451 e. The van der Waals surface area contributed by atoms with Crippen LogP contribution in [0.5, 0.6) is 0 Å². The Morgan fingerprint density at radius 3 is 2.59 bits per heavy atom. The molecule has 3 rings (SSSR count). The van der Waals surface area contributed by atoms with E-state index in [4.69, 9.17) is 28.2 Å². The van der Waals surface area contributed by atoms with Crippen LogP contribution in [0.3, 0.4) is 0 Å². The van der Waals surface area contributed by atoms with Crippen LogP contribution in [-0.2, 0) is 6.54 Å². The number of fused-ring (bicyclic) bond motifs is 1. The highest BCUT2D eigenvalue weighted by atomic mass is 35.5. The average molecular weight is 406 g/mol. The topological polar surface area (TPSA) is 83.4 Å². The Morgan fingerprint density at radius 1 is 1.11 bits per heavy atom. The lowest BCUT2D eigenvalue weighted by Crippen LogP contribution is -2.46. The zero-order valence-electron chi connectivity index (χ0n) is 13.7. The van der Waals surface area contributed by atoms with Crippen LogP contribution in [0.25, 0.3) is 11.0 Å². The summed E-state index contributed by atoms with van der Waals surface area (Å²) in [5.74, 6) is -1.18. The standard InChI is InChI=1S/C18H13ClFN3O3S/c19-11-3-6-15-13(7-11)14(24)8-16(26-15)17(25)22-23-18(27)21-9-10-1-4-12(20)5-2-10/h1-8H,9H2,(H,22,25)(H2,21,23,27). The largest absolute Gasteiger partial charge is 0.451 e. The molecule has 0 atom stereocenters. The van der Waals surface area contributed by atoms with E-state index in [2.05, 4.69) is 16.2 Å². The molecule has 0 aliphatic heterocycles. The van der Waals surface area contributed by atoms with Crippen molar-refractivity contribution in [2.24, 2.45) is 0 Å². The molecule has 0 bridgehead atoms. The highest BCUT2D eigenvalue weighted by molar-refractivity contribution is 7.80. The second-order valence-corrected chi connectivity index (χ2v) is 6.35. The summed E-state index contributed by atoms with van der Waals surface area (Å²) in [4.78, 5) is 24.3. The van der Waals surface area contributed by atoms with Crippen molar-refractivity contribution in [3.8, 4) is 0 Å². The number of carbonyl (C=O) groups is 1. The summed E-state index contributed by atoms with van der Waals surface area (Å²) in [5, 5.41) is 3.67. The maximum Gasteiger partial charge on any atom is 0.305 e. The zero-order chi connectivity index (χ0) is 19.4. The van der Waals surface area contributed by atoms with Gasteiger partial charge >= 0.3 is 5.91 Å². The first kappa shape index (κ1) is 18.8. The quantitative estimate of drug-likeness (QED) is 0.459. The molecule has 0 unspecified atom stereocenters. The number of amides is 1. The monoisotopic (exact) mass is 405 g/mol. The van der Waals surface area contributed by atoms with Gasteiger partial charge < -0.3 is 9.73 Å². The van der Waals surface area contributed by atoms with Crippen LogP contribution in [0, 0.1) is 5.82 Å². The van der Waals surface area contributed by atoms with Gasteiger partial charge in [-0.15, -0.1) is 0 Å². The Hall–Kier alpha value is -2.97. The van der Waals surface area contributed by atoms with Gasteiger partial charge in [-0.1, -0.05) is 23.7 Å². The fourth-order valence-electron chi connectivity index (χ4n) is 2.24. The first-order valence-corrected chi connectivity index (χ1v) is 8.53. The molecule has 0 saturated carbocycles. The molecule has 0 aliphatic rings. The third-order valence-corrected chi connectivity index (χ3v) is 4.05. The predicted octanol–water partition coefficient (Wildman–Crippen LogP) is 2.89. The van der Waals surface area contributed by atoms with Crippen molar-refractivity contribution in [1.82, 2.24) is 16.2 Å². The Kier molecular flexibility index (Phi) is 5.68. The smallest absolute Gasteiger partial charge is 0.305 e. The fraction of sp³-hybridized carbons (Fsp3) is 0.0556. The predicted molar refractivity (Wildman–Crippen MR) is 104 cm³/mol. The number of halogens is 2. The van der Waals surface area contributed by atoms with E-state index in [0.29, 0.717) is 11.6 Å². The minimum absolute atomic E-state index is 0.141. The molecule has 1 heterocycles. The Morgan fingerprint density at radius 2 is 1.85 bits per heavy atom. The number of hydrogen-bond donors (Lipinski definition) is 3. The second kappa shape index (κ2) is 8.15. The van der Waals surface area contributed by atoms with Gasteiger partial charge in [0.15, 0.2) is 16.3 Å². The average Bonchev–Trinajstić information content (AvgIpc) is 2.66. The molecule has 3 N–H and O–H groups in total. The number of hydrogen-bond acceptors (Lipinski definition) is 4. The summed E-state index contributed by atoms with van der Waals surface area (Å²) < 4.78 is 18.3. The lowest BCUT2D eigenvalue weighted by Gasteiger charge is -2.11. The van der Waals surface area contributed by atoms with Gasteiger partial charge in [-0.3, -0.25) is 20.4 Å². The van der Waals surface area contributed by atoms with E-state index in [1.807, 2.05) is 0 Å². The lowest BCUT2D eigenvalue weighted by molar-refractivity contribution is 0.0916. The van der Waals surface area contributed by atoms with Crippen molar-refractivity contribution in [2.75, 3.05) is 0 Å². The summed E-state index contributed by atoms with van der Waals surface area (Å²) in [6, 6.07) is 11.5. The summed E-state index contributed by atoms with van der Waals surface area (Å²) in [5.41, 5.74) is 5.51. The maximum absolute atomic E-state index is 12.9. The van der Waals surface area contributed by atoms with Gasteiger partial charge in [0.25, 0.3) is 0 Å². The fourth-order valence-corrected chi connectivity index (χ4v) is 2.54. The Balaban J connectivity index is 1.59. The van der Waals surface area contributed by atoms with Gasteiger partial charge in [-0.05, 0) is 48.1 Å². The van der Waals surface area contributed by atoms with Crippen LogP contribution in [0.2, 0.25) is 5.02 Å². The molecule has 6 nitrogen and oxygen atoms in total. The number of thiocarbonyl (C=S) groups is 1. The molecule has 9 heteroatoms. The molecule has 138 valence electrons. The van der Waals surface area contributed by atoms with E-state index in [1.165, 1.54) is 24.3 Å². The molecule has 27 heavy (non-hydrogen) atoms. The van der Waals surface area contributed by atoms with Crippen molar-refractivity contribution in [3.05, 3.63) is 80.9 Å². The van der Waals surface area contributed by atoms with Gasteiger partial charge in [0, 0.05) is 17.6 Å². The number of rotatable bonds is 3. The summed E-state index contributed by atoms with van der Waals surface area (Å²) in [7, 11) is 0. The molecule has 1 amide bonds. The number of nitrogens with one attached hydrogen (secondary N) is 3. The summed E-state index contributed by atoms with van der Waals surface area (Å²) in [6.45, 7) is 0.341. The molecule has 0 radical (unpaired) electrons. The maximum atomic E-state index is 12.9. The number of benzene rings is 2. The van der Waals surface area contributed by atoms with Crippen LogP contribution in [0.4, 0.5) is 4.39 Å². The molecule has 0 spiro atoms. The van der Waals surface area contributed by atoms with Crippen LogP contribution >= 0.6 is 23.8 Å². The van der Waals surface area contributed by atoms with Crippen LogP contribution in [0.1, 0.15) is 16.1 Å². The van der Waals surface area contributed by atoms with Crippen molar-refractivity contribution in [3.63, 3.8) is 0 Å². The van der Waals surface area contributed by atoms with Gasteiger partial charge in [-0.25, -0.2) is 4.39 Å². The molecular formula is C18H13ClFN3O3S. The van der Waals surface area contributed by atoms with Crippen LogP contribution in [-0.4, -0.2) is 11.0 Å². The van der Waals surface area contributed by atoms with Gasteiger partial charge in [0.1, 0.15) is 11.4 Å². The van der Waals surface area contributed by atoms with E-state index in [-0.39, 0.29) is 33.1 Å². The molecule has 0 aliphatic carbocycles. The third-order valence-electron chi connectivity index (χ3n) is 3.57. The molecular weight excluding hydrogens is 393 g/mol. The molecule has 1 aromatic heterocycles. The van der Waals surface area contributed by atoms with E-state index in [0.717, 1.165) is 11.6 Å². The highest BCUT2D eigenvalue weighted by Crippen LogP contribution is 2.17. The van der Waals surface area contributed by atoms with Crippen molar-refractivity contribution >= 4 is 45.8 Å². The Bertz CT molecular complexity index is 1070. The van der Waals surface area contributed by atoms with E-state index < -0.39 is 5.91 Å². The minimum atomic E-state index is -0.671. The first-order chi connectivity index (χ1) is 12.9. The van der Waals surface area contributed by atoms with Gasteiger partial charge in [-0.2, -0.15) is 0 Å². The van der Waals surface area contributed by atoms with E-state index >= 15 is 0 Å². The number of carbonyl (C=O) groups excluding carboxylic acids is 1. The van der Waals surface area contributed by atoms with Gasteiger partial charge in [0.05, 0.1) is 5.39 Å². The Labute approximate surface area is 163 Å².